The van der Waals surface area contributed by atoms with E-state index in [9.17, 15) is 0 Å². The second kappa shape index (κ2) is 5.68. The fraction of sp³-hybridized carbons (Fsp3) is 0.125. The summed E-state index contributed by atoms with van der Waals surface area (Å²) in [5.74, 6) is 0.797. The van der Waals surface area contributed by atoms with Crippen LogP contribution < -0.4 is 5.73 Å². The second-order valence-corrected chi connectivity index (χ2v) is 5.20. The Balaban J connectivity index is 1.91. The molecule has 3 aromatic rings. The average molecular weight is 300 g/mol. The summed E-state index contributed by atoms with van der Waals surface area (Å²) in [6.45, 7) is 1.94. The van der Waals surface area contributed by atoms with Crippen LogP contribution >= 0.6 is 11.6 Å². The number of nitrogens with two attached hydrogens (primary N) is 1. The highest BCUT2D eigenvalue weighted by atomic mass is 35.5. The lowest BCUT2D eigenvalue weighted by molar-refractivity contribution is 0.484. The van der Waals surface area contributed by atoms with Gasteiger partial charge in [0.2, 0.25) is 11.8 Å². The summed E-state index contributed by atoms with van der Waals surface area (Å²) in [4.78, 5) is 0. The van der Waals surface area contributed by atoms with Crippen molar-refractivity contribution >= 4 is 11.6 Å². The molecular formula is C16H14ClN3O. The number of aryl methyl sites for hydroxylation is 1. The van der Waals surface area contributed by atoms with Crippen LogP contribution in [0.1, 0.15) is 23.1 Å². The van der Waals surface area contributed by atoms with Crippen molar-refractivity contribution in [1.29, 1.82) is 0 Å². The number of nitrogens with zero attached hydrogens (tertiary/aromatic N) is 2. The van der Waals surface area contributed by atoms with Gasteiger partial charge in [-0.1, -0.05) is 48.0 Å². The van der Waals surface area contributed by atoms with Gasteiger partial charge in [0, 0.05) is 10.6 Å². The zero-order chi connectivity index (χ0) is 14.8. The number of hydrogen-bond acceptors (Lipinski definition) is 4. The lowest BCUT2D eigenvalue weighted by Gasteiger charge is -2.06. The second-order valence-electron chi connectivity index (χ2n) is 4.80. The Morgan fingerprint density at radius 1 is 1.10 bits per heavy atom. The third-order valence-electron chi connectivity index (χ3n) is 3.28. The normalized spacial score (nSPS) is 12.3. The molecule has 0 saturated carbocycles. The SMILES string of the molecule is Cc1ccc(-c2nnc(C(N)c3ccccc3)o2)cc1Cl. The first-order valence-corrected chi connectivity index (χ1v) is 6.93. The average Bonchev–Trinajstić information content (AvgIpc) is 3.00. The number of halogens is 1. The predicted octanol–water partition coefficient (Wildman–Crippen LogP) is 3.75. The van der Waals surface area contributed by atoms with E-state index >= 15 is 0 Å². The summed E-state index contributed by atoms with van der Waals surface area (Å²) < 4.78 is 5.67. The third-order valence-corrected chi connectivity index (χ3v) is 3.69. The van der Waals surface area contributed by atoms with Gasteiger partial charge in [-0.25, -0.2) is 0 Å². The van der Waals surface area contributed by atoms with Crippen molar-refractivity contribution in [3.05, 3.63) is 70.6 Å². The van der Waals surface area contributed by atoms with Crippen LogP contribution in [-0.2, 0) is 0 Å². The zero-order valence-corrected chi connectivity index (χ0v) is 12.2. The highest BCUT2D eigenvalue weighted by molar-refractivity contribution is 6.31. The van der Waals surface area contributed by atoms with Gasteiger partial charge in [-0.15, -0.1) is 10.2 Å². The standard InChI is InChI=1S/C16H14ClN3O/c1-10-7-8-12(9-13(10)17)15-19-20-16(21-15)14(18)11-5-3-2-4-6-11/h2-9,14H,18H2,1H3. The molecule has 2 aromatic carbocycles. The molecule has 21 heavy (non-hydrogen) atoms. The Kier molecular flexibility index (Phi) is 3.73. The molecule has 0 spiro atoms. The molecule has 1 unspecified atom stereocenters. The molecule has 1 aromatic heterocycles. The summed E-state index contributed by atoms with van der Waals surface area (Å²) in [7, 11) is 0. The fourth-order valence-corrected chi connectivity index (χ4v) is 2.19. The summed E-state index contributed by atoms with van der Waals surface area (Å²) in [5, 5.41) is 8.75. The maximum Gasteiger partial charge on any atom is 0.247 e. The number of rotatable bonds is 3. The van der Waals surface area contributed by atoms with Crippen molar-refractivity contribution in [3.8, 4) is 11.5 Å². The molecule has 1 atom stereocenters. The van der Waals surface area contributed by atoms with Crippen molar-refractivity contribution in [2.45, 2.75) is 13.0 Å². The van der Waals surface area contributed by atoms with Crippen LogP contribution in [0, 0.1) is 6.92 Å². The first-order chi connectivity index (χ1) is 10.1. The van der Waals surface area contributed by atoms with E-state index in [2.05, 4.69) is 10.2 Å². The van der Waals surface area contributed by atoms with E-state index in [0.717, 1.165) is 16.7 Å². The molecule has 3 rings (SSSR count). The summed E-state index contributed by atoms with van der Waals surface area (Å²) in [5.41, 5.74) is 8.85. The monoisotopic (exact) mass is 299 g/mol. The molecule has 5 heteroatoms. The van der Waals surface area contributed by atoms with Gasteiger partial charge in [0.15, 0.2) is 0 Å². The van der Waals surface area contributed by atoms with Crippen LogP contribution in [0.2, 0.25) is 5.02 Å². The Morgan fingerprint density at radius 2 is 1.86 bits per heavy atom. The molecule has 2 N–H and O–H groups in total. The van der Waals surface area contributed by atoms with Crippen molar-refractivity contribution < 1.29 is 4.42 Å². The Labute approximate surface area is 127 Å². The van der Waals surface area contributed by atoms with Crippen molar-refractivity contribution in [2.24, 2.45) is 5.73 Å². The quantitative estimate of drug-likeness (QED) is 0.800. The van der Waals surface area contributed by atoms with E-state index in [1.54, 1.807) is 0 Å². The summed E-state index contributed by atoms with van der Waals surface area (Å²) in [6.07, 6.45) is 0. The highest BCUT2D eigenvalue weighted by Gasteiger charge is 2.17. The minimum Gasteiger partial charge on any atom is -0.419 e. The molecule has 0 bridgehead atoms. The molecule has 0 amide bonds. The summed E-state index contributed by atoms with van der Waals surface area (Å²) in [6, 6.07) is 14.8. The molecule has 0 aliphatic rings. The van der Waals surface area contributed by atoms with Crippen LogP contribution in [0.4, 0.5) is 0 Å². The van der Waals surface area contributed by atoms with Gasteiger partial charge >= 0.3 is 0 Å². The van der Waals surface area contributed by atoms with E-state index in [4.69, 9.17) is 21.8 Å². The van der Waals surface area contributed by atoms with E-state index in [0.29, 0.717) is 16.8 Å². The van der Waals surface area contributed by atoms with Crippen LogP contribution in [0.15, 0.2) is 52.9 Å². The first kappa shape index (κ1) is 13.8. The molecule has 0 aliphatic carbocycles. The minimum absolute atomic E-state index is 0.382. The lowest BCUT2D eigenvalue weighted by Crippen LogP contribution is -2.11. The largest absolute Gasteiger partial charge is 0.419 e. The molecular weight excluding hydrogens is 286 g/mol. The summed E-state index contributed by atoms with van der Waals surface area (Å²) >= 11 is 6.11. The van der Waals surface area contributed by atoms with Crippen LogP contribution in [0.25, 0.3) is 11.5 Å². The molecule has 0 aliphatic heterocycles. The van der Waals surface area contributed by atoms with Crippen molar-refractivity contribution in [3.63, 3.8) is 0 Å². The van der Waals surface area contributed by atoms with Gasteiger partial charge in [-0.05, 0) is 30.2 Å². The lowest BCUT2D eigenvalue weighted by atomic mass is 10.1. The maximum absolute atomic E-state index is 6.14. The van der Waals surface area contributed by atoms with E-state index in [1.165, 1.54) is 0 Å². The highest BCUT2D eigenvalue weighted by Crippen LogP contribution is 2.26. The van der Waals surface area contributed by atoms with Crippen LogP contribution in [0.5, 0.6) is 0 Å². The third kappa shape index (κ3) is 2.82. The van der Waals surface area contributed by atoms with Crippen molar-refractivity contribution in [2.75, 3.05) is 0 Å². The number of aromatic nitrogens is 2. The van der Waals surface area contributed by atoms with Crippen LogP contribution in [-0.4, -0.2) is 10.2 Å². The van der Waals surface area contributed by atoms with E-state index < -0.39 is 6.04 Å². The predicted molar refractivity (Wildman–Crippen MR) is 82.0 cm³/mol. The van der Waals surface area contributed by atoms with Gasteiger partial charge in [0.1, 0.15) is 6.04 Å². The van der Waals surface area contributed by atoms with E-state index in [1.807, 2.05) is 55.5 Å². The fourth-order valence-electron chi connectivity index (χ4n) is 2.01. The van der Waals surface area contributed by atoms with Gasteiger partial charge in [0.05, 0.1) is 0 Å². The van der Waals surface area contributed by atoms with Gasteiger partial charge in [0.25, 0.3) is 0 Å². The van der Waals surface area contributed by atoms with Gasteiger partial charge < -0.3 is 10.2 Å². The molecule has 0 radical (unpaired) electrons. The number of hydrogen-bond donors (Lipinski definition) is 1. The maximum atomic E-state index is 6.14. The molecule has 4 nitrogen and oxygen atoms in total. The molecule has 0 saturated heterocycles. The van der Waals surface area contributed by atoms with Crippen LogP contribution in [0.3, 0.4) is 0 Å². The van der Waals surface area contributed by atoms with Gasteiger partial charge in [-0.3, -0.25) is 0 Å². The molecule has 0 fully saturated rings. The Morgan fingerprint density at radius 3 is 2.57 bits per heavy atom. The molecule has 106 valence electrons. The Bertz CT molecular complexity index is 755. The van der Waals surface area contributed by atoms with Gasteiger partial charge in [-0.2, -0.15) is 0 Å². The van der Waals surface area contributed by atoms with E-state index in [-0.39, 0.29) is 0 Å². The minimum atomic E-state index is -0.437. The zero-order valence-electron chi connectivity index (χ0n) is 11.5. The first-order valence-electron chi connectivity index (χ1n) is 6.55. The molecule has 1 heterocycles. The number of benzene rings is 2. The van der Waals surface area contributed by atoms with Crippen molar-refractivity contribution in [1.82, 2.24) is 10.2 Å². The smallest absolute Gasteiger partial charge is 0.247 e. The Hall–Kier alpha value is -2.17. The topological polar surface area (TPSA) is 64.9 Å².